The quantitative estimate of drug-likeness (QED) is 0.626. The van der Waals surface area contributed by atoms with Crippen molar-refractivity contribution in [3.63, 3.8) is 0 Å². The fourth-order valence-corrected chi connectivity index (χ4v) is 3.80. The Morgan fingerprint density at radius 2 is 1.50 bits per heavy atom. The summed E-state index contributed by atoms with van der Waals surface area (Å²) >= 11 is 0. The van der Waals surface area contributed by atoms with Gasteiger partial charge in [-0.15, -0.1) is 0 Å². The van der Waals surface area contributed by atoms with E-state index in [4.69, 9.17) is 9.47 Å². The minimum absolute atomic E-state index is 0.181. The van der Waals surface area contributed by atoms with Crippen molar-refractivity contribution >= 4 is 29.1 Å². The largest absolute Gasteiger partial charge is 0.496 e. The predicted molar refractivity (Wildman–Crippen MR) is 108 cm³/mol. The Morgan fingerprint density at radius 1 is 0.867 bits per heavy atom. The first-order valence-electron chi connectivity index (χ1n) is 9.32. The van der Waals surface area contributed by atoms with Crippen molar-refractivity contribution in [2.45, 2.75) is 0 Å². The van der Waals surface area contributed by atoms with Crippen molar-refractivity contribution in [2.24, 2.45) is 0 Å². The van der Waals surface area contributed by atoms with Crippen LogP contribution in [0.3, 0.4) is 0 Å². The highest BCUT2D eigenvalue weighted by molar-refractivity contribution is 6.24. The van der Waals surface area contributed by atoms with Crippen LogP contribution < -0.4 is 14.4 Å². The van der Waals surface area contributed by atoms with E-state index in [0.717, 1.165) is 4.90 Å². The number of hydrogen-bond acceptors (Lipinski definition) is 5. The van der Waals surface area contributed by atoms with Gasteiger partial charge in [-0.05, 0) is 36.4 Å². The Morgan fingerprint density at radius 3 is 2.13 bits per heavy atom. The lowest BCUT2D eigenvalue weighted by molar-refractivity contribution is -0.118. The summed E-state index contributed by atoms with van der Waals surface area (Å²) in [7, 11) is 1.43. The molecule has 0 N–H and O–H groups in total. The second kappa shape index (κ2) is 6.73. The maximum Gasteiger partial charge on any atom is 0.265 e. The van der Waals surface area contributed by atoms with Crippen molar-refractivity contribution in [3.8, 4) is 17.2 Å². The highest BCUT2D eigenvalue weighted by Gasteiger charge is 2.40. The van der Waals surface area contributed by atoms with Gasteiger partial charge in [0.25, 0.3) is 17.7 Å². The van der Waals surface area contributed by atoms with Crippen LogP contribution in [0.4, 0.5) is 11.4 Å². The number of amides is 3. The lowest BCUT2D eigenvalue weighted by Gasteiger charge is -2.31. The van der Waals surface area contributed by atoms with Crippen LogP contribution in [0.1, 0.15) is 20.7 Å². The van der Waals surface area contributed by atoms with Gasteiger partial charge in [0.1, 0.15) is 12.3 Å². The predicted octanol–water partition coefficient (Wildman–Crippen LogP) is 3.76. The fourth-order valence-electron chi connectivity index (χ4n) is 3.80. The molecule has 0 aromatic heterocycles. The smallest absolute Gasteiger partial charge is 0.265 e. The van der Waals surface area contributed by atoms with Crippen molar-refractivity contribution < 1.29 is 23.9 Å². The molecule has 0 unspecified atom stereocenters. The third-order valence-electron chi connectivity index (χ3n) is 5.16. The monoisotopic (exact) mass is 400 g/mol. The van der Waals surface area contributed by atoms with Gasteiger partial charge in [-0.1, -0.05) is 30.3 Å². The number of para-hydroxylation sites is 4. The minimum Gasteiger partial charge on any atom is -0.496 e. The van der Waals surface area contributed by atoms with E-state index < -0.39 is 24.3 Å². The van der Waals surface area contributed by atoms with E-state index in [1.807, 2.05) is 12.1 Å². The van der Waals surface area contributed by atoms with Crippen LogP contribution in [0.5, 0.6) is 17.2 Å². The SMILES string of the molecule is COc1cccc2c1C(=O)N(CC(=O)N1c3ccccc3Oc3ccccc31)C2=O. The molecule has 2 heterocycles. The fraction of sp³-hybridized carbons (Fsp3) is 0.0870. The van der Waals surface area contributed by atoms with E-state index in [0.29, 0.717) is 28.6 Å². The molecule has 30 heavy (non-hydrogen) atoms. The van der Waals surface area contributed by atoms with Crippen LogP contribution in [-0.2, 0) is 4.79 Å². The Bertz CT molecular complexity index is 1170. The van der Waals surface area contributed by atoms with Crippen LogP contribution in [0.25, 0.3) is 0 Å². The average molecular weight is 400 g/mol. The van der Waals surface area contributed by atoms with Gasteiger partial charge < -0.3 is 9.47 Å². The second-order valence-corrected chi connectivity index (χ2v) is 6.85. The first kappa shape index (κ1) is 17.9. The van der Waals surface area contributed by atoms with Crippen molar-refractivity contribution in [3.05, 3.63) is 77.9 Å². The van der Waals surface area contributed by atoms with Crippen LogP contribution in [0.15, 0.2) is 66.7 Å². The number of methoxy groups -OCH3 is 1. The van der Waals surface area contributed by atoms with Gasteiger partial charge >= 0.3 is 0 Å². The molecule has 0 fully saturated rings. The Hall–Kier alpha value is -4.13. The zero-order chi connectivity index (χ0) is 20.8. The summed E-state index contributed by atoms with van der Waals surface area (Å²) in [6.45, 7) is -0.405. The molecule has 7 nitrogen and oxygen atoms in total. The zero-order valence-corrected chi connectivity index (χ0v) is 16.0. The number of carbonyl (C=O) groups excluding carboxylic acids is 3. The van der Waals surface area contributed by atoms with Gasteiger partial charge in [-0.3, -0.25) is 24.2 Å². The summed E-state index contributed by atoms with van der Waals surface area (Å²) in [6, 6.07) is 19.1. The molecule has 0 spiro atoms. The molecule has 2 aliphatic heterocycles. The summed E-state index contributed by atoms with van der Waals surface area (Å²) in [4.78, 5) is 41.6. The number of nitrogens with zero attached hydrogens (tertiary/aromatic N) is 2. The highest BCUT2D eigenvalue weighted by Crippen LogP contribution is 2.46. The number of rotatable bonds is 3. The zero-order valence-electron chi connectivity index (χ0n) is 16.0. The van der Waals surface area contributed by atoms with E-state index in [9.17, 15) is 14.4 Å². The van der Waals surface area contributed by atoms with E-state index in [2.05, 4.69) is 0 Å². The molecule has 2 aliphatic rings. The average Bonchev–Trinajstić information content (AvgIpc) is 3.02. The minimum atomic E-state index is -0.546. The summed E-state index contributed by atoms with van der Waals surface area (Å²) in [5.74, 6) is -0.135. The maximum atomic E-state index is 13.4. The second-order valence-electron chi connectivity index (χ2n) is 6.85. The summed E-state index contributed by atoms with van der Waals surface area (Å²) < 4.78 is 11.1. The van der Waals surface area contributed by atoms with Crippen LogP contribution in [0.2, 0.25) is 0 Å². The molecule has 3 amide bonds. The molecular formula is C23H16N2O5. The first-order valence-corrected chi connectivity index (χ1v) is 9.32. The number of imide groups is 1. The van der Waals surface area contributed by atoms with E-state index >= 15 is 0 Å². The molecule has 0 atom stereocenters. The van der Waals surface area contributed by atoms with E-state index in [1.54, 1.807) is 54.6 Å². The lowest BCUT2D eigenvalue weighted by Crippen LogP contribution is -2.41. The number of hydrogen-bond donors (Lipinski definition) is 0. The standard InChI is InChI=1S/C23H16N2O5/c1-29-19-12-6-7-14-21(19)23(28)24(22(14)27)13-20(26)25-15-8-2-4-10-17(15)30-18-11-5-3-9-16(18)25/h2-12H,13H2,1H3. The van der Waals surface area contributed by atoms with Gasteiger partial charge in [-0.2, -0.15) is 0 Å². The summed E-state index contributed by atoms with van der Waals surface area (Å²) in [5.41, 5.74) is 1.52. The maximum absolute atomic E-state index is 13.4. The van der Waals surface area contributed by atoms with Crippen LogP contribution >= 0.6 is 0 Å². The number of anilines is 2. The Labute approximate surface area is 172 Å². The Kier molecular flexibility index (Phi) is 4.03. The number of fused-ring (bicyclic) bond motifs is 3. The molecule has 3 aromatic carbocycles. The molecule has 7 heteroatoms. The van der Waals surface area contributed by atoms with E-state index in [-0.39, 0.29) is 11.1 Å². The topological polar surface area (TPSA) is 76.2 Å². The van der Waals surface area contributed by atoms with Gasteiger partial charge in [0.05, 0.1) is 29.6 Å². The normalized spacial score (nSPS) is 14.0. The number of carbonyl (C=O) groups is 3. The summed E-state index contributed by atoms with van der Waals surface area (Å²) in [5, 5.41) is 0. The molecule has 3 aromatic rings. The summed E-state index contributed by atoms with van der Waals surface area (Å²) in [6.07, 6.45) is 0. The van der Waals surface area contributed by atoms with Gasteiger partial charge in [-0.25, -0.2) is 0 Å². The number of benzene rings is 3. The highest BCUT2D eigenvalue weighted by atomic mass is 16.5. The first-order chi connectivity index (χ1) is 14.6. The molecule has 0 saturated heterocycles. The van der Waals surface area contributed by atoms with Gasteiger partial charge in [0.15, 0.2) is 11.5 Å². The molecule has 5 rings (SSSR count). The third-order valence-corrected chi connectivity index (χ3v) is 5.16. The third kappa shape index (κ3) is 2.56. The van der Waals surface area contributed by atoms with Gasteiger partial charge in [0, 0.05) is 0 Å². The molecule has 148 valence electrons. The van der Waals surface area contributed by atoms with Crippen LogP contribution in [-0.4, -0.2) is 36.3 Å². The Balaban J connectivity index is 1.52. The molecule has 0 saturated carbocycles. The van der Waals surface area contributed by atoms with Crippen LogP contribution in [0, 0.1) is 0 Å². The molecular weight excluding hydrogens is 384 g/mol. The van der Waals surface area contributed by atoms with Gasteiger partial charge in [0.2, 0.25) is 0 Å². The molecule has 0 aliphatic carbocycles. The van der Waals surface area contributed by atoms with E-state index in [1.165, 1.54) is 12.0 Å². The van der Waals surface area contributed by atoms with Crippen molar-refractivity contribution in [1.82, 2.24) is 4.90 Å². The molecule has 0 bridgehead atoms. The van der Waals surface area contributed by atoms with Crippen molar-refractivity contribution in [2.75, 3.05) is 18.6 Å². The van der Waals surface area contributed by atoms with Crippen molar-refractivity contribution in [1.29, 1.82) is 0 Å². The number of ether oxygens (including phenoxy) is 2. The molecule has 0 radical (unpaired) electrons. The lowest BCUT2D eigenvalue weighted by atomic mass is 10.1.